The average Bonchev–Trinajstić information content (AvgIpc) is 2.80. The highest BCUT2D eigenvalue weighted by molar-refractivity contribution is 5.68. The molecule has 0 aliphatic rings. The Morgan fingerprint density at radius 3 is 1.03 bits per heavy atom. The van der Waals surface area contributed by atoms with E-state index in [9.17, 15) is 9.90 Å². The lowest BCUT2D eigenvalue weighted by Crippen LogP contribution is -1.92. The van der Waals surface area contributed by atoms with Gasteiger partial charge in [-0.1, -0.05) is 155 Å². The van der Waals surface area contributed by atoms with Crippen LogP contribution in [-0.2, 0) is 4.79 Å². The van der Waals surface area contributed by atoms with Crippen LogP contribution in [0.3, 0.4) is 0 Å². The van der Waals surface area contributed by atoms with Crippen molar-refractivity contribution in [2.75, 3.05) is 0 Å². The maximum Gasteiger partial charge on any atom is 0.307 e. The van der Waals surface area contributed by atoms with E-state index in [0.717, 1.165) is 12.8 Å². The van der Waals surface area contributed by atoms with Gasteiger partial charge in [-0.25, -0.2) is 0 Å². The van der Waals surface area contributed by atoms with Gasteiger partial charge in [-0.15, -0.1) is 0 Å². The number of carboxylic acids is 1. The van der Waals surface area contributed by atoms with E-state index in [1.807, 2.05) is 0 Å². The molecule has 0 fully saturated rings. The van der Waals surface area contributed by atoms with Crippen molar-refractivity contribution in [3.8, 4) is 0 Å². The van der Waals surface area contributed by atoms with Gasteiger partial charge in [0, 0.05) is 6.42 Å². The molecule has 0 rings (SSSR count). The SMILES string of the molecule is CCCCCCCCCCCCCCCCCCCCCCCCCCC(O)=CCC(=O)O. The average molecular weight is 467 g/mol. The summed E-state index contributed by atoms with van der Waals surface area (Å²) in [7, 11) is 0. The largest absolute Gasteiger partial charge is 0.513 e. The molecule has 0 aliphatic heterocycles. The van der Waals surface area contributed by atoms with Crippen molar-refractivity contribution in [1.29, 1.82) is 0 Å². The van der Waals surface area contributed by atoms with Crippen LogP contribution in [0.1, 0.15) is 174 Å². The first-order valence-corrected chi connectivity index (χ1v) is 14.8. The Labute approximate surface area is 206 Å². The van der Waals surface area contributed by atoms with Gasteiger partial charge in [0.25, 0.3) is 0 Å². The van der Waals surface area contributed by atoms with E-state index < -0.39 is 5.97 Å². The molecule has 0 aliphatic carbocycles. The number of allylic oxidation sites excluding steroid dienone is 1. The van der Waals surface area contributed by atoms with Gasteiger partial charge in [0.1, 0.15) is 0 Å². The third-order valence-corrected chi connectivity index (χ3v) is 6.80. The molecule has 0 saturated carbocycles. The molecule has 196 valence electrons. The monoisotopic (exact) mass is 466 g/mol. The number of aliphatic hydroxyl groups is 1. The normalized spacial score (nSPS) is 11.8. The number of hydrogen-bond donors (Lipinski definition) is 2. The van der Waals surface area contributed by atoms with Crippen LogP contribution in [0.2, 0.25) is 0 Å². The lowest BCUT2D eigenvalue weighted by Gasteiger charge is -2.04. The zero-order valence-electron chi connectivity index (χ0n) is 22.3. The fourth-order valence-corrected chi connectivity index (χ4v) is 4.58. The maximum absolute atomic E-state index is 10.4. The number of hydrogen-bond acceptors (Lipinski definition) is 2. The van der Waals surface area contributed by atoms with Crippen molar-refractivity contribution in [2.45, 2.75) is 174 Å². The van der Waals surface area contributed by atoms with Gasteiger partial charge in [-0.2, -0.15) is 0 Å². The molecule has 0 spiro atoms. The van der Waals surface area contributed by atoms with Crippen molar-refractivity contribution in [3.63, 3.8) is 0 Å². The molecule has 0 bridgehead atoms. The standard InChI is InChI=1S/C30H58O3/c1-2-3-4-5-6-7-8-9-10-11-12-13-14-15-16-17-18-19-20-21-22-23-24-25-26-29(31)27-28-30(32)33/h27,31H,2-26,28H2,1H3,(H,32,33). The first-order chi connectivity index (χ1) is 16.2. The molecule has 0 saturated heterocycles. The highest BCUT2D eigenvalue weighted by Gasteiger charge is 1.98. The highest BCUT2D eigenvalue weighted by Crippen LogP contribution is 2.16. The van der Waals surface area contributed by atoms with Gasteiger partial charge >= 0.3 is 5.97 Å². The molecular weight excluding hydrogens is 408 g/mol. The van der Waals surface area contributed by atoms with Crippen molar-refractivity contribution < 1.29 is 15.0 Å². The Kier molecular flexibility index (Phi) is 26.4. The van der Waals surface area contributed by atoms with E-state index in [0.29, 0.717) is 6.42 Å². The summed E-state index contributed by atoms with van der Waals surface area (Å²) in [5, 5.41) is 18.1. The van der Waals surface area contributed by atoms with Crippen LogP contribution in [0.15, 0.2) is 11.8 Å². The van der Waals surface area contributed by atoms with Crippen molar-refractivity contribution in [2.24, 2.45) is 0 Å². The fraction of sp³-hybridized carbons (Fsp3) is 0.900. The van der Waals surface area contributed by atoms with Gasteiger partial charge in [0.05, 0.1) is 12.2 Å². The summed E-state index contributed by atoms with van der Waals surface area (Å²) in [5.74, 6) is -0.655. The smallest absolute Gasteiger partial charge is 0.307 e. The van der Waals surface area contributed by atoms with E-state index in [2.05, 4.69) is 6.92 Å². The van der Waals surface area contributed by atoms with E-state index >= 15 is 0 Å². The van der Waals surface area contributed by atoms with Crippen LogP contribution in [0.5, 0.6) is 0 Å². The van der Waals surface area contributed by atoms with E-state index in [1.54, 1.807) is 0 Å². The first-order valence-electron chi connectivity index (χ1n) is 14.8. The zero-order chi connectivity index (χ0) is 24.2. The lowest BCUT2D eigenvalue weighted by atomic mass is 10.0. The number of aliphatic hydroxyl groups excluding tert-OH is 1. The summed E-state index contributed by atoms with van der Waals surface area (Å²) in [6, 6.07) is 0. The molecule has 3 nitrogen and oxygen atoms in total. The Morgan fingerprint density at radius 2 is 0.758 bits per heavy atom. The van der Waals surface area contributed by atoms with Gasteiger partial charge in [0.15, 0.2) is 0 Å². The molecule has 0 atom stereocenters. The summed E-state index contributed by atoms with van der Waals surface area (Å²) >= 11 is 0. The Balaban J connectivity index is 3.10. The molecule has 33 heavy (non-hydrogen) atoms. The molecule has 0 aromatic carbocycles. The predicted octanol–water partition coefficient (Wildman–Crippen LogP) is 10.7. The van der Waals surface area contributed by atoms with Crippen molar-refractivity contribution in [1.82, 2.24) is 0 Å². The summed E-state index contributed by atoms with van der Waals surface area (Å²) in [6.07, 6.45) is 35.1. The van der Waals surface area contributed by atoms with Crippen molar-refractivity contribution in [3.05, 3.63) is 11.8 Å². The van der Waals surface area contributed by atoms with Gasteiger partial charge in [-0.3, -0.25) is 4.79 Å². The minimum absolute atomic E-state index is 0.0781. The molecule has 0 aromatic heterocycles. The quantitative estimate of drug-likeness (QED) is 0.0934. The molecule has 0 aromatic rings. The Hall–Kier alpha value is -0.990. The first kappa shape index (κ1) is 32.0. The molecule has 0 amide bonds. The number of carboxylic acid groups (broad SMARTS) is 1. The second kappa shape index (κ2) is 27.3. The van der Waals surface area contributed by atoms with Crippen LogP contribution < -0.4 is 0 Å². The number of unbranched alkanes of at least 4 members (excludes halogenated alkanes) is 23. The minimum Gasteiger partial charge on any atom is -0.513 e. The van der Waals surface area contributed by atoms with Crippen LogP contribution in [0.4, 0.5) is 0 Å². The summed E-state index contributed by atoms with van der Waals surface area (Å²) in [5.41, 5.74) is 0. The third kappa shape index (κ3) is 29.0. The van der Waals surface area contributed by atoms with E-state index in [-0.39, 0.29) is 12.2 Å². The van der Waals surface area contributed by atoms with Crippen LogP contribution in [0.25, 0.3) is 0 Å². The van der Waals surface area contributed by atoms with Gasteiger partial charge in [0.2, 0.25) is 0 Å². The minimum atomic E-state index is -0.888. The molecule has 0 unspecified atom stereocenters. The lowest BCUT2D eigenvalue weighted by molar-refractivity contribution is -0.136. The zero-order valence-corrected chi connectivity index (χ0v) is 22.3. The molecule has 2 N–H and O–H groups in total. The fourth-order valence-electron chi connectivity index (χ4n) is 4.58. The summed E-state index contributed by atoms with van der Waals surface area (Å²) < 4.78 is 0. The molecule has 0 radical (unpaired) electrons. The van der Waals surface area contributed by atoms with Gasteiger partial charge in [-0.05, 0) is 12.5 Å². The highest BCUT2D eigenvalue weighted by atomic mass is 16.4. The second-order valence-electron chi connectivity index (χ2n) is 10.2. The predicted molar refractivity (Wildman–Crippen MR) is 144 cm³/mol. The topological polar surface area (TPSA) is 57.5 Å². The Morgan fingerprint density at radius 1 is 0.485 bits per heavy atom. The number of carbonyl (C=O) groups is 1. The van der Waals surface area contributed by atoms with Crippen LogP contribution in [0, 0.1) is 0 Å². The van der Waals surface area contributed by atoms with E-state index in [4.69, 9.17) is 5.11 Å². The van der Waals surface area contributed by atoms with Crippen LogP contribution >= 0.6 is 0 Å². The van der Waals surface area contributed by atoms with Crippen LogP contribution in [-0.4, -0.2) is 16.2 Å². The molecule has 3 heteroatoms. The Bertz CT molecular complexity index is 430. The number of aliphatic carboxylic acids is 1. The number of rotatable bonds is 27. The van der Waals surface area contributed by atoms with E-state index in [1.165, 1.54) is 147 Å². The summed E-state index contributed by atoms with van der Waals surface area (Å²) in [6.45, 7) is 2.29. The maximum atomic E-state index is 10.4. The second-order valence-corrected chi connectivity index (χ2v) is 10.2. The van der Waals surface area contributed by atoms with Gasteiger partial charge < -0.3 is 10.2 Å². The molecule has 0 heterocycles. The van der Waals surface area contributed by atoms with Crippen molar-refractivity contribution >= 4 is 5.97 Å². The third-order valence-electron chi connectivity index (χ3n) is 6.80. The summed E-state index contributed by atoms with van der Waals surface area (Å²) in [4.78, 5) is 10.4. The molecular formula is C30H58O3.